The van der Waals surface area contributed by atoms with Crippen molar-refractivity contribution in [2.45, 2.75) is 125 Å². The third-order valence-corrected chi connectivity index (χ3v) is 20.1. The molecule has 0 heteroatoms. The maximum Gasteiger partial charge on any atom is -0.00992 e. The Morgan fingerprint density at radius 1 is 0.0846 bits per heavy atom. The molecule has 0 fully saturated rings. The minimum atomic E-state index is 1.25. The van der Waals surface area contributed by atoms with E-state index in [4.69, 9.17) is 0 Å². The van der Waals surface area contributed by atoms with Crippen LogP contribution in [0.25, 0.3) is 154 Å². The first-order valence-electron chi connectivity index (χ1n) is 47.4. The van der Waals surface area contributed by atoms with Crippen LogP contribution in [0.3, 0.4) is 0 Å². The summed E-state index contributed by atoms with van der Waals surface area (Å²) in [6.07, 6.45) is 0. The smallest absolute Gasteiger partial charge is 0.00992 e. The van der Waals surface area contributed by atoms with E-state index in [9.17, 15) is 0 Å². The van der Waals surface area contributed by atoms with Gasteiger partial charge in [-0.25, -0.2) is 0 Å². The molecule has 130 heavy (non-hydrogen) atoms. The van der Waals surface area contributed by atoms with Crippen LogP contribution in [0.1, 0.15) is 125 Å². The van der Waals surface area contributed by atoms with Gasteiger partial charge in [0.1, 0.15) is 0 Å². The Bertz CT molecular complexity index is 6010. The number of benzene rings is 20. The summed E-state index contributed by atoms with van der Waals surface area (Å²) in [5.74, 6) is 0. The molecular formula is C130H138. The lowest BCUT2D eigenvalue weighted by Crippen LogP contribution is -1.88. The Hall–Kier alpha value is -14.6. The molecule has 0 nitrogen and oxygen atoms in total. The van der Waals surface area contributed by atoms with Crippen LogP contribution in [0, 0.1) is 0 Å². The van der Waals surface area contributed by atoms with Crippen molar-refractivity contribution < 1.29 is 0 Å². The first-order chi connectivity index (χ1) is 64.6. The molecular weight excluding hydrogens is 1560 g/mol. The van der Waals surface area contributed by atoms with Gasteiger partial charge in [0.15, 0.2) is 0 Å². The summed E-state index contributed by atoms with van der Waals surface area (Å²) in [4.78, 5) is 0. The van der Waals surface area contributed by atoms with E-state index in [-0.39, 0.29) is 0 Å². The Morgan fingerprint density at radius 3 is 0.562 bits per heavy atom. The number of hydrogen-bond donors (Lipinski definition) is 0. The van der Waals surface area contributed by atoms with Crippen LogP contribution >= 0.6 is 0 Å². The minimum absolute atomic E-state index is 1.25. The molecule has 20 aromatic carbocycles. The fourth-order valence-electron chi connectivity index (χ4n) is 14.4. The van der Waals surface area contributed by atoms with Crippen molar-refractivity contribution in [3.8, 4) is 111 Å². The molecule has 0 saturated heterocycles. The van der Waals surface area contributed by atoms with Gasteiger partial charge in [-0.15, -0.1) is 0 Å². The standard InChI is InChI=1S/C24H18.C20H14.2C18H14.2C16H12.9C2H6/c1-3-11-19(12-4-1)21-15-7-9-17-23(21)24-18-10-8-16-22(24)20-13-5-2-6-14-20;1-3-11-17-15(7-1)9-5-13-19(17)20-14-6-10-16-8-2-4-12-18(16)20;1-3-8-15(9-4-1)17-12-7-13-18(14-17)16-10-5-2-6-11-16;1-3-7-15(8-4-1)17-11-13-18(14-12-17)16-9-5-2-6-10-16;1-2-7-13(8-3-1)16-12-6-10-14-9-4-5-11-15(14)16;1-2-6-13(7-3-1)16-11-10-14-8-4-5-9-15(14)12-16;9*1-2/h1-18H;1-14H;2*1-14H;2*1-12H;9*1-2H3. The molecule has 658 valence electrons. The highest BCUT2D eigenvalue weighted by Crippen LogP contribution is 2.39. The fourth-order valence-corrected chi connectivity index (χ4v) is 14.4. The zero-order valence-electron chi connectivity index (χ0n) is 80.5. The first kappa shape index (κ1) is 104. The average Bonchev–Trinajstić information content (AvgIpc) is 0.793. The highest BCUT2D eigenvalue weighted by atomic mass is 14.2. The molecule has 0 atom stereocenters. The Balaban J connectivity index is 0.000000233. The van der Waals surface area contributed by atoms with Crippen LogP contribution in [0.5, 0.6) is 0 Å². The molecule has 0 N–H and O–H groups in total. The van der Waals surface area contributed by atoms with Gasteiger partial charge in [0.2, 0.25) is 0 Å². The van der Waals surface area contributed by atoms with Crippen LogP contribution in [0.15, 0.2) is 510 Å². The van der Waals surface area contributed by atoms with Crippen molar-refractivity contribution in [2.24, 2.45) is 0 Å². The van der Waals surface area contributed by atoms with Crippen LogP contribution in [-0.2, 0) is 0 Å². The second kappa shape index (κ2) is 62.6. The van der Waals surface area contributed by atoms with Gasteiger partial charge < -0.3 is 0 Å². The van der Waals surface area contributed by atoms with E-state index < -0.39 is 0 Å². The Labute approximate surface area is 783 Å². The van der Waals surface area contributed by atoms with Gasteiger partial charge in [0.25, 0.3) is 0 Å². The van der Waals surface area contributed by atoms with Gasteiger partial charge in [-0.1, -0.05) is 622 Å². The topological polar surface area (TPSA) is 0 Å². The zero-order valence-corrected chi connectivity index (χ0v) is 80.5. The monoisotopic (exact) mass is 1700 g/mol. The summed E-state index contributed by atoms with van der Waals surface area (Å²) in [7, 11) is 0. The fraction of sp³-hybridized carbons (Fsp3) is 0.138. The van der Waals surface area contributed by atoms with E-state index in [0.29, 0.717) is 0 Å². The summed E-state index contributed by atoms with van der Waals surface area (Å²) < 4.78 is 0. The molecule has 0 aromatic heterocycles. The predicted octanol–water partition coefficient (Wildman–Crippen LogP) is 40.6. The maximum absolute atomic E-state index is 2.24. The average molecular weight is 1700 g/mol. The van der Waals surface area contributed by atoms with E-state index in [2.05, 4.69) is 479 Å². The number of fused-ring (bicyclic) bond motifs is 4. The molecule has 0 radical (unpaired) electrons. The lowest BCUT2D eigenvalue weighted by molar-refractivity contribution is 1.50. The van der Waals surface area contributed by atoms with Crippen molar-refractivity contribution >= 4 is 43.1 Å². The van der Waals surface area contributed by atoms with Gasteiger partial charge in [-0.2, -0.15) is 0 Å². The molecule has 0 unspecified atom stereocenters. The molecule has 0 saturated carbocycles. The van der Waals surface area contributed by atoms with Crippen LogP contribution < -0.4 is 0 Å². The van der Waals surface area contributed by atoms with Crippen LogP contribution in [0.4, 0.5) is 0 Å². The van der Waals surface area contributed by atoms with E-state index in [0.717, 1.165) is 0 Å². The summed E-state index contributed by atoms with van der Waals surface area (Å²) >= 11 is 0. The summed E-state index contributed by atoms with van der Waals surface area (Å²) in [5, 5.41) is 10.4. The van der Waals surface area contributed by atoms with Gasteiger partial charge in [-0.05, 0) is 166 Å². The molecule has 0 heterocycles. The summed E-state index contributed by atoms with van der Waals surface area (Å²) in [5.41, 5.74) is 25.4. The summed E-state index contributed by atoms with van der Waals surface area (Å²) in [6, 6.07) is 179. The Morgan fingerprint density at radius 2 is 0.254 bits per heavy atom. The lowest BCUT2D eigenvalue weighted by Gasteiger charge is -2.14. The van der Waals surface area contributed by atoms with Crippen molar-refractivity contribution in [1.29, 1.82) is 0 Å². The van der Waals surface area contributed by atoms with Crippen molar-refractivity contribution in [1.82, 2.24) is 0 Å². The van der Waals surface area contributed by atoms with Crippen molar-refractivity contribution in [3.05, 3.63) is 510 Å². The lowest BCUT2D eigenvalue weighted by atomic mass is 9.89. The van der Waals surface area contributed by atoms with E-state index in [1.54, 1.807) is 0 Å². The first-order valence-corrected chi connectivity index (χ1v) is 47.4. The van der Waals surface area contributed by atoms with Gasteiger partial charge in [0.05, 0.1) is 0 Å². The van der Waals surface area contributed by atoms with Crippen molar-refractivity contribution in [3.63, 3.8) is 0 Å². The molecule has 0 aliphatic heterocycles. The Kier molecular flexibility index (Phi) is 50.1. The van der Waals surface area contributed by atoms with Crippen LogP contribution in [-0.4, -0.2) is 0 Å². The highest BCUT2D eigenvalue weighted by molar-refractivity contribution is 6.05. The third kappa shape index (κ3) is 31.2. The third-order valence-electron chi connectivity index (χ3n) is 20.1. The molecule has 20 aromatic rings. The highest BCUT2D eigenvalue weighted by Gasteiger charge is 2.13. The van der Waals surface area contributed by atoms with E-state index >= 15 is 0 Å². The van der Waals surface area contributed by atoms with E-state index in [1.165, 1.54) is 154 Å². The zero-order chi connectivity index (χ0) is 93.6. The maximum atomic E-state index is 2.24. The van der Waals surface area contributed by atoms with Gasteiger partial charge in [0, 0.05) is 0 Å². The molecule has 0 bridgehead atoms. The molecule has 20 rings (SSSR count). The molecule has 0 spiro atoms. The molecule has 0 amide bonds. The van der Waals surface area contributed by atoms with Crippen molar-refractivity contribution in [2.75, 3.05) is 0 Å². The van der Waals surface area contributed by atoms with E-state index in [1.807, 2.05) is 155 Å². The SMILES string of the molecule is CC.CC.CC.CC.CC.CC.CC.CC.CC.c1ccc(-c2ccc(-c3ccccc3)cc2)cc1.c1ccc(-c2ccc3ccccc3c2)cc1.c1ccc(-c2cccc(-c3ccccc3)c2)cc1.c1ccc(-c2cccc3ccccc23)cc1.c1ccc(-c2ccccc2-c2ccccc2-c2ccccc2)cc1.c1ccc2c(-c3cccc4ccccc34)cccc2c1. The van der Waals surface area contributed by atoms with Crippen LogP contribution in [0.2, 0.25) is 0 Å². The second-order valence-electron chi connectivity index (χ2n) is 27.3. The normalized spacial score (nSPS) is 9.46. The minimum Gasteiger partial charge on any atom is -0.0683 e. The molecule has 0 aliphatic rings. The quantitative estimate of drug-likeness (QED) is 0.128. The summed E-state index contributed by atoms with van der Waals surface area (Å²) in [6.45, 7) is 36.0. The molecule has 0 aliphatic carbocycles. The van der Waals surface area contributed by atoms with Gasteiger partial charge in [-0.3, -0.25) is 0 Å². The van der Waals surface area contributed by atoms with Gasteiger partial charge >= 0.3 is 0 Å². The second-order valence-corrected chi connectivity index (χ2v) is 27.3. The largest absolute Gasteiger partial charge is 0.0683 e. The predicted molar refractivity (Wildman–Crippen MR) is 585 cm³/mol. The number of rotatable bonds is 10. The number of hydrogen-bond acceptors (Lipinski definition) is 0.